The van der Waals surface area contributed by atoms with E-state index in [-0.39, 0.29) is 24.1 Å². The molecule has 0 aliphatic carbocycles. The van der Waals surface area contributed by atoms with Crippen LogP contribution in [0.2, 0.25) is 0 Å². The number of rotatable bonds is 9. The lowest BCUT2D eigenvalue weighted by Crippen LogP contribution is -3.12. The van der Waals surface area contributed by atoms with Gasteiger partial charge in [0.15, 0.2) is 6.54 Å². The summed E-state index contributed by atoms with van der Waals surface area (Å²) in [5.41, 5.74) is 1.14. The lowest BCUT2D eigenvalue weighted by molar-refractivity contribution is -0.908. The van der Waals surface area contributed by atoms with Gasteiger partial charge in [-0.05, 0) is 62.4 Å². The Balaban J connectivity index is 1.56. The predicted molar refractivity (Wildman–Crippen MR) is 113 cm³/mol. The number of ether oxygens (including phenoxy) is 2. The molecule has 2 atom stereocenters. The largest absolute Gasteiger partial charge is 0.459 e. The van der Waals surface area contributed by atoms with Crippen LogP contribution >= 0.6 is 11.3 Å². The minimum Gasteiger partial charge on any atom is -0.459 e. The number of esters is 1. The van der Waals surface area contributed by atoms with E-state index < -0.39 is 0 Å². The van der Waals surface area contributed by atoms with E-state index in [2.05, 4.69) is 16.8 Å². The van der Waals surface area contributed by atoms with Gasteiger partial charge in [-0.3, -0.25) is 4.79 Å². The maximum absolute atomic E-state index is 12.6. The quantitative estimate of drug-likeness (QED) is 0.615. The van der Waals surface area contributed by atoms with E-state index in [9.17, 15) is 9.59 Å². The third-order valence-electron chi connectivity index (χ3n) is 4.70. The first-order valence-electron chi connectivity index (χ1n) is 10.1. The second-order valence-electron chi connectivity index (χ2n) is 7.60. The molecular weight excluding hydrogens is 388 g/mol. The highest BCUT2D eigenvalue weighted by Gasteiger charge is 2.24. The SMILES string of the molecule is CC(C)OC(=O)c1ccc(NC(=O)C[NH+](Cc2cccs2)C[C@H]2CCCO2)cc1. The summed E-state index contributed by atoms with van der Waals surface area (Å²) in [5.74, 6) is -0.409. The number of anilines is 1. The molecule has 1 saturated heterocycles. The Morgan fingerprint density at radius 1 is 1.28 bits per heavy atom. The zero-order chi connectivity index (χ0) is 20.6. The number of benzene rings is 1. The molecule has 1 aliphatic rings. The average molecular weight is 418 g/mol. The lowest BCUT2D eigenvalue weighted by Gasteiger charge is -2.21. The zero-order valence-corrected chi connectivity index (χ0v) is 17.8. The fraction of sp³-hybridized carbons (Fsp3) is 0.455. The van der Waals surface area contributed by atoms with E-state index in [1.165, 1.54) is 9.78 Å². The van der Waals surface area contributed by atoms with Gasteiger partial charge < -0.3 is 19.7 Å². The molecule has 0 bridgehead atoms. The molecule has 156 valence electrons. The van der Waals surface area contributed by atoms with E-state index >= 15 is 0 Å². The third kappa shape index (κ3) is 6.96. The number of hydrogen-bond acceptors (Lipinski definition) is 5. The van der Waals surface area contributed by atoms with Gasteiger partial charge in [-0.15, -0.1) is 11.3 Å². The Labute approximate surface area is 175 Å². The highest BCUT2D eigenvalue weighted by Crippen LogP contribution is 2.12. The average Bonchev–Trinajstić information content (AvgIpc) is 3.36. The maximum atomic E-state index is 12.6. The first kappa shape index (κ1) is 21.5. The number of hydrogen-bond donors (Lipinski definition) is 2. The van der Waals surface area contributed by atoms with Crippen LogP contribution in [0.5, 0.6) is 0 Å². The summed E-state index contributed by atoms with van der Waals surface area (Å²) in [6, 6.07) is 10.9. The molecule has 1 unspecified atom stereocenters. The highest BCUT2D eigenvalue weighted by atomic mass is 32.1. The molecule has 7 heteroatoms. The summed E-state index contributed by atoms with van der Waals surface area (Å²) in [4.78, 5) is 27.0. The van der Waals surface area contributed by atoms with E-state index in [0.717, 1.165) is 32.5 Å². The Hall–Kier alpha value is -2.22. The van der Waals surface area contributed by atoms with Crippen LogP contribution in [0, 0.1) is 0 Å². The van der Waals surface area contributed by atoms with Crippen LogP contribution < -0.4 is 10.2 Å². The van der Waals surface area contributed by atoms with Crippen molar-refractivity contribution in [3.63, 3.8) is 0 Å². The first-order valence-corrected chi connectivity index (χ1v) is 11.0. The molecule has 0 radical (unpaired) electrons. The fourth-order valence-electron chi connectivity index (χ4n) is 3.40. The molecule has 0 spiro atoms. The summed E-state index contributed by atoms with van der Waals surface area (Å²) < 4.78 is 11.0. The van der Waals surface area contributed by atoms with Gasteiger partial charge in [-0.2, -0.15) is 0 Å². The van der Waals surface area contributed by atoms with Crippen LogP contribution in [0.15, 0.2) is 41.8 Å². The molecule has 1 aromatic heterocycles. The van der Waals surface area contributed by atoms with Gasteiger partial charge in [-0.25, -0.2) is 4.79 Å². The van der Waals surface area contributed by atoms with Crippen molar-refractivity contribution >= 4 is 28.9 Å². The van der Waals surface area contributed by atoms with Crippen LogP contribution in [0.1, 0.15) is 41.9 Å². The number of quaternary nitrogens is 1. The molecule has 1 aliphatic heterocycles. The molecule has 2 heterocycles. The monoisotopic (exact) mass is 417 g/mol. The molecule has 2 N–H and O–H groups in total. The highest BCUT2D eigenvalue weighted by molar-refractivity contribution is 7.09. The third-order valence-corrected chi connectivity index (χ3v) is 5.58. The van der Waals surface area contributed by atoms with Gasteiger partial charge >= 0.3 is 5.97 Å². The fourth-order valence-corrected chi connectivity index (χ4v) is 4.17. The minimum atomic E-state index is -0.360. The second kappa shape index (κ2) is 10.5. The number of amides is 1. The summed E-state index contributed by atoms with van der Waals surface area (Å²) in [6.45, 7) is 6.45. The lowest BCUT2D eigenvalue weighted by atomic mass is 10.2. The first-order chi connectivity index (χ1) is 14.0. The van der Waals surface area contributed by atoms with Gasteiger partial charge in [0.25, 0.3) is 5.91 Å². The van der Waals surface area contributed by atoms with Gasteiger partial charge in [0.1, 0.15) is 19.2 Å². The minimum absolute atomic E-state index is 0.0490. The normalized spacial score (nSPS) is 17.3. The smallest absolute Gasteiger partial charge is 0.338 e. The number of carbonyl (C=O) groups excluding carboxylic acids is 2. The molecule has 1 amide bonds. The van der Waals surface area contributed by atoms with Gasteiger partial charge in [0.05, 0.1) is 16.5 Å². The topological polar surface area (TPSA) is 69.1 Å². The second-order valence-corrected chi connectivity index (χ2v) is 8.63. The molecule has 29 heavy (non-hydrogen) atoms. The molecule has 3 rings (SSSR count). The van der Waals surface area contributed by atoms with Gasteiger partial charge in [0.2, 0.25) is 0 Å². The van der Waals surface area contributed by atoms with Crippen molar-refractivity contribution < 1.29 is 24.0 Å². The van der Waals surface area contributed by atoms with E-state index in [4.69, 9.17) is 9.47 Å². The van der Waals surface area contributed by atoms with Crippen LogP contribution in [0.4, 0.5) is 5.69 Å². The van der Waals surface area contributed by atoms with E-state index in [1.807, 2.05) is 19.9 Å². The Kier molecular flexibility index (Phi) is 7.80. The molecule has 0 saturated carbocycles. The van der Waals surface area contributed by atoms with Gasteiger partial charge in [0, 0.05) is 12.3 Å². The maximum Gasteiger partial charge on any atom is 0.338 e. The summed E-state index contributed by atoms with van der Waals surface area (Å²) in [5, 5.41) is 4.99. The predicted octanol–water partition coefficient (Wildman–Crippen LogP) is 2.52. The standard InChI is InChI=1S/C22H28N2O4S/c1-16(2)28-22(26)17-7-9-18(10-8-17)23-21(25)15-24(13-19-5-3-11-27-19)14-20-6-4-12-29-20/h4,6-10,12,16,19H,3,5,11,13-15H2,1-2H3,(H,23,25)/p+1/t19-/m1/s1. The molecule has 2 aromatic rings. The van der Waals surface area contributed by atoms with Crippen molar-refractivity contribution in [2.45, 2.75) is 45.4 Å². The van der Waals surface area contributed by atoms with Crippen molar-refractivity contribution in [1.82, 2.24) is 0 Å². The molecule has 1 fully saturated rings. The zero-order valence-electron chi connectivity index (χ0n) is 17.0. The van der Waals surface area contributed by atoms with Crippen molar-refractivity contribution in [3.05, 3.63) is 52.2 Å². The van der Waals surface area contributed by atoms with E-state index in [1.54, 1.807) is 35.6 Å². The van der Waals surface area contributed by atoms with Crippen LogP contribution in [0.3, 0.4) is 0 Å². The Bertz CT molecular complexity index is 784. The summed E-state index contributed by atoms with van der Waals surface area (Å²) >= 11 is 1.71. The van der Waals surface area contributed by atoms with Crippen molar-refractivity contribution in [3.8, 4) is 0 Å². The van der Waals surface area contributed by atoms with Crippen molar-refractivity contribution in [2.24, 2.45) is 0 Å². The molecular formula is C22H29N2O4S+. The molecule has 6 nitrogen and oxygen atoms in total. The summed E-state index contributed by atoms with van der Waals surface area (Å²) in [6.07, 6.45) is 2.21. The summed E-state index contributed by atoms with van der Waals surface area (Å²) in [7, 11) is 0. The van der Waals surface area contributed by atoms with Crippen LogP contribution in [-0.4, -0.2) is 43.8 Å². The van der Waals surface area contributed by atoms with Gasteiger partial charge in [-0.1, -0.05) is 6.07 Å². The Morgan fingerprint density at radius 2 is 2.07 bits per heavy atom. The van der Waals surface area contributed by atoms with Crippen molar-refractivity contribution in [1.29, 1.82) is 0 Å². The Morgan fingerprint density at radius 3 is 2.69 bits per heavy atom. The van der Waals surface area contributed by atoms with Crippen LogP contribution in [0.25, 0.3) is 0 Å². The van der Waals surface area contributed by atoms with Crippen molar-refractivity contribution in [2.75, 3.05) is 25.0 Å². The number of carbonyl (C=O) groups is 2. The number of thiophene rings is 1. The number of nitrogens with one attached hydrogen (secondary N) is 2. The molecule has 1 aromatic carbocycles. The van der Waals surface area contributed by atoms with E-state index in [0.29, 0.717) is 17.8 Å². The van der Waals surface area contributed by atoms with Crippen LogP contribution in [-0.2, 0) is 20.8 Å².